The Morgan fingerprint density at radius 3 is 1.46 bits per heavy atom. The predicted molar refractivity (Wildman–Crippen MR) is 188 cm³/mol. The molecule has 2 saturated heterocycles. The molecule has 340 valence electrons. The number of para-hydroxylation sites is 1. The summed E-state index contributed by atoms with van der Waals surface area (Å²) in [5.74, 6) is -0.362. The number of likely N-dealkylation sites (tertiary alicyclic amines) is 1. The standard InChI is InChI=1S/C10H14F3NO5S.C9H15NO3.C8H5F6NO4S2.C4H8O/c1-9(2,3)18-8(15)14-5-4-7(6-14)19-20(16,17)10(11,12)13;1-9(2,3)13-8(12)10-5-4-7(11)6-10;9-7(10,11)20(16,17)15(6-4-2-1-3-5-6)21(18,19)8(12,13)14;1-2-4-5-3-1/h4H,5-6H2,1-3H3;4-6H2,1-3H3;1-5H;1-4H2. The van der Waals surface area contributed by atoms with Gasteiger partial charge in [0, 0.05) is 32.7 Å². The highest BCUT2D eigenvalue weighted by molar-refractivity contribution is 8.11. The van der Waals surface area contributed by atoms with Gasteiger partial charge in [0.1, 0.15) is 17.0 Å². The van der Waals surface area contributed by atoms with Gasteiger partial charge < -0.3 is 23.3 Å². The first-order chi connectivity index (χ1) is 26.4. The van der Waals surface area contributed by atoms with Gasteiger partial charge in [0.05, 0.1) is 18.8 Å². The SMILES string of the molecule is C1CCOC1.CC(C)(C)OC(=O)N1CC=C(OS(=O)(=O)C(F)(F)F)C1.CC(C)(C)OC(=O)N1CCC(=O)C1.O=S(=O)(N(c1ccccc1)S(=O)(=O)C(F)(F)F)C(F)(F)F. The van der Waals surface area contributed by atoms with E-state index in [9.17, 15) is 79.2 Å². The Kier molecular flexibility index (Phi) is 18.0. The largest absolute Gasteiger partial charge is 0.534 e. The van der Waals surface area contributed by atoms with Crippen LogP contribution in [0, 0.1) is 0 Å². The molecule has 0 saturated carbocycles. The Labute approximate surface area is 334 Å². The van der Waals surface area contributed by atoms with E-state index in [1.807, 2.05) is 20.8 Å². The van der Waals surface area contributed by atoms with Crippen LogP contribution in [0.2, 0.25) is 0 Å². The fraction of sp³-hybridized carbons (Fsp3) is 0.645. The molecule has 3 heterocycles. The molecule has 16 nitrogen and oxygen atoms in total. The van der Waals surface area contributed by atoms with Crippen molar-refractivity contribution >= 4 is 53.8 Å². The van der Waals surface area contributed by atoms with Crippen molar-refractivity contribution in [2.75, 3.05) is 43.1 Å². The van der Waals surface area contributed by atoms with Crippen LogP contribution >= 0.6 is 0 Å². The molecule has 2 amide bonds. The van der Waals surface area contributed by atoms with Crippen molar-refractivity contribution in [3.63, 3.8) is 0 Å². The minimum atomic E-state index is -6.81. The van der Waals surface area contributed by atoms with Gasteiger partial charge in [-0.1, -0.05) is 18.2 Å². The van der Waals surface area contributed by atoms with Gasteiger partial charge in [-0.05, 0) is 72.6 Å². The lowest BCUT2D eigenvalue weighted by Crippen LogP contribution is -2.49. The Morgan fingerprint density at radius 1 is 0.678 bits per heavy atom. The van der Waals surface area contributed by atoms with Crippen LogP contribution in [0.1, 0.15) is 60.8 Å². The van der Waals surface area contributed by atoms with E-state index >= 15 is 0 Å². The lowest BCUT2D eigenvalue weighted by Gasteiger charge is -2.25. The first-order valence-corrected chi connectivity index (χ1v) is 20.9. The molecule has 3 aliphatic heterocycles. The summed E-state index contributed by atoms with van der Waals surface area (Å²) in [6.45, 7) is 12.5. The summed E-state index contributed by atoms with van der Waals surface area (Å²) in [7, 11) is -19.3. The minimum absolute atomic E-state index is 0.0857. The number of hydrogen-bond acceptors (Lipinski definition) is 13. The summed E-state index contributed by atoms with van der Waals surface area (Å²) in [4.78, 5) is 36.3. The molecule has 0 unspecified atom stereocenters. The van der Waals surface area contributed by atoms with E-state index in [4.69, 9.17) is 14.2 Å². The lowest BCUT2D eigenvalue weighted by atomic mass is 10.2. The number of carbonyl (C=O) groups is 3. The minimum Gasteiger partial charge on any atom is -0.444 e. The molecule has 59 heavy (non-hydrogen) atoms. The maximum atomic E-state index is 12.4. The van der Waals surface area contributed by atoms with Gasteiger partial charge in [0.2, 0.25) is 0 Å². The van der Waals surface area contributed by atoms with E-state index in [0.717, 1.165) is 42.4 Å². The molecule has 0 aromatic heterocycles. The van der Waals surface area contributed by atoms with Crippen molar-refractivity contribution < 1.29 is 97.5 Å². The van der Waals surface area contributed by atoms with E-state index in [1.165, 1.54) is 17.7 Å². The first kappa shape index (κ1) is 53.0. The number of Topliss-reactive ketones (excluding diaryl/α,β-unsaturated/α-hetero) is 1. The molecule has 0 N–H and O–H groups in total. The van der Waals surface area contributed by atoms with E-state index in [0.29, 0.717) is 25.1 Å². The summed E-state index contributed by atoms with van der Waals surface area (Å²) in [5.41, 5.74) is -20.5. The van der Waals surface area contributed by atoms with Gasteiger partial charge in [0.15, 0.2) is 5.78 Å². The number of rotatable bonds is 5. The lowest BCUT2D eigenvalue weighted by molar-refractivity contribution is -0.117. The van der Waals surface area contributed by atoms with Crippen molar-refractivity contribution in [1.29, 1.82) is 0 Å². The Balaban J connectivity index is 0.000000425. The molecular weight excluding hydrogens is 890 g/mol. The molecule has 0 radical (unpaired) electrons. The number of benzene rings is 1. The summed E-state index contributed by atoms with van der Waals surface area (Å²) in [5, 5.41) is 0. The average Bonchev–Trinajstić information content (AvgIpc) is 3.84. The molecule has 4 rings (SSSR count). The molecule has 1 aromatic carbocycles. The number of anilines is 1. The second-order valence-corrected chi connectivity index (χ2v) is 19.3. The highest BCUT2D eigenvalue weighted by Gasteiger charge is 2.61. The first-order valence-electron chi connectivity index (χ1n) is 16.7. The Hall–Kier alpha value is -4.05. The third-order valence-corrected chi connectivity index (χ3v) is 11.2. The zero-order valence-electron chi connectivity index (χ0n) is 32.1. The molecule has 0 spiro atoms. The second kappa shape index (κ2) is 20.0. The van der Waals surface area contributed by atoms with E-state index < -0.39 is 91.8 Å². The van der Waals surface area contributed by atoms with Crippen LogP contribution < -0.4 is 3.71 Å². The van der Waals surface area contributed by atoms with Crippen LogP contribution in [-0.4, -0.2) is 120 Å². The maximum absolute atomic E-state index is 12.4. The number of carbonyl (C=O) groups excluding carboxylic acids is 3. The number of ether oxygens (including phenoxy) is 3. The maximum Gasteiger partial charge on any atom is 0.534 e. The summed E-state index contributed by atoms with van der Waals surface area (Å²) >= 11 is 0. The quantitative estimate of drug-likeness (QED) is 0.185. The van der Waals surface area contributed by atoms with Crippen LogP contribution in [0.4, 0.5) is 54.8 Å². The molecule has 3 aliphatic rings. The number of sulfonamides is 2. The third kappa shape index (κ3) is 16.9. The smallest absolute Gasteiger partial charge is 0.444 e. The molecule has 0 bridgehead atoms. The summed E-state index contributed by atoms with van der Waals surface area (Å²) in [6, 6.07) is 3.85. The average molecular weight is 932 g/mol. The number of hydrogen-bond donors (Lipinski definition) is 0. The number of amides is 2. The molecule has 0 atom stereocenters. The summed E-state index contributed by atoms with van der Waals surface area (Å²) in [6.07, 6.45) is 2.93. The number of halogens is 9. The van der Waals surface area contributed by atoms with Crippen molar-refractivity contribution in [2.24, 2.45) is 0 Å². The normalized spacial score (nSPS) is 16.7. The van der Waals surface area contributed by atoms with Gasteiger partial charge in [0.25, 0.3) is 0 Å². The number of nitrogens with zero attached hydrogens (tertiary/aromatic N) is 3. The van der Waals surface area contributed by atoms with Crippen molar-refractivity contribution in [2.45, 2.75) is 88.5 Å². The molecule has 28 heteroatoms. The van der Waals surface area contributed by atoms with Crippen molar-refractivity contribution in [3.8, 4) is 0 Å². The van der Waals surface area contributed by atoms with Crippen LogP contribution in [0.25, 0.3) is 0 Å². The van der Waals surface area contributed by atoms with E-state index in [1.54, 1.807) is 20.8 Å². The number of ketones is 1. The van der Waals surface area contributed by atoms with Crippen LogP contribution in [-0.2, 0) is 53.4 Å². The van der Waals surface area contributed by atoms with E-state index in [2.05, 4.69) is 4.18 Å². The number of alkyl halides is 9. The monoisotopic (exact) mass is 931 g/mol. The third-order valence-electron chi connectivity index (χ3n) is 6.53. The van der Waals surface area contributed by atoms with Gasteiger partial charge >= 0.3 is 58.9 Å². The fourth-order valence-corrected chi connectivity index (χ4v) is 7.22. The van der Waals surface area contributed by atoms with Crippen molar-refractivity contribution in [3.05, 3.63) is 42.2 Å². The molecular formula is C31H42F9N3O13S3. The second-order valence-electron chi connectivity index (χ2n) is 14.0. The molecule has 0 aliphatic carbocycles. The molecule has 1 aromatic rings. The van der Waals surface area contributed by atoms with Gasteiger partial charge in [-0.3, -0.25) is 9.69 Å². The van der Waals surface area contributed by atoms with E-state index in [-0.39, 0.29) is 18.9 Å². The highest BCUT2D eigenvalue weighted by atomic mass is 32.3. The van der Waals surface area contributed by atoms with Gasteiger partial charge in [-0.2, -0.15) is 64.8 Å². The topological polar surface area (TPSA) is 200 Å². The fourth-order valence-electron chi connectivity index (χ4n) is 4.01. The summed E-state index contributed by atoms with van der Waals surface area (Å²) < 4.78 is 194. The Morgan fingerprint density at radius 2 is 1.12 bits per heavy atom. The van der Waals surface area contributed by atoms with Crippen LogP contribution in [0.5, 0.6) is 0 Å². The van der Waals surface area contributed by atoms with Crippen molar-refractivity contribution in [1.82, 2.24) is 9.80 Å². The zero-order chi connectivity index (χ0) is 46.1. The van der Waals surface area contributed by atoms with Crippen LogP contribution in [0.3, 0.4) is 0 Å². The van der Waals surface area contributed by atoms with Gasteiger partial charge in [-0.15, -0.1) is 3.71 Å². The Bertz CT molecular complexity index is 1910. The highest BCUT2D eigenvalue weighted by Crippen LogP contribution is 2.38. The predicted octanol–water partition coefficient (Wildman–Crippen LogP) is 6.17. The van der Waals surface area contributed by atoms with Crippen LogP contribution in [0.15, 0.2) is 42.2 Å². The zero-order valence-corrected chi connectivity index (χ0v) is 34.6. The molecule has 2 fully saturated rings. The van der Waals surface area contributed by atoms with Gasteiger partial charge in [-0.25, -0.2) is 9.59 Å².